The Morgan fingerprint density at radius 2 is 1.88 bits per heavy atom. The summed E-state index contributed by atoms with van der Waals surface area (Å²) in [6.45, 7) is 2.63. The van der Waals surface area contributed by atoms with Crippen LogP contribution in [0.25, 0.3) is 10.4 Å². The molecule has 3 aliphatic rings. The van der Waals surface area contributed by atoms with Crippen LogP contribution in [0.15, 0.2) is 5.11 Å². The third kappa shape index (κ3) is 3.83. The van der Waals surface area contributed by atoms with Crippen LogP contribution in [0.3, 0.4) is 0 Å². The summed E-state index contributed by atoms with van der Waals surface area (Å²) in [7, 11) is 0. The Labute approximate surface area is 99.3 Å². The normalized spacial score (nSPS) is 39.1. The SMILES string of the molecule is C1CC2OC2CO1.[N-]=[N+]=N[C@@H]1COCC[C@H]1O. The zero-order valence-electron chi connectivity index (χ0n) is 9.57. The highest BCUT2D eigenvalue weighted by molar-refractivity contribution is 4.86. The third-order valence-corrected chi connectivity index (χ3v) is 3.01. The fourth-order valence-corrected chi connectivity index (χ4v) is 1.87. The fraction of sp³-hybridized carbons (Fsp3) is 1.00. The zero-order valence-corrected chi connectivity index (χ0v) is 9.57. The molecule has 0 aliphatic carbocycles. The van der Waals surface area contributed by atoms with Crippen molar-refractivity contribution >= 4 is 0 Å². The number of fused-ring (bicyclic) bond motifs is 1. The number of epoxide rings is 1. The summed E-state index contributed by atoms with van der Waals surface area (Å²) < 4.78 is 15.2. The van der Waals surface area contributed by atoms with E-state index in [2.05, 4.69) is 10.0 Å². The van der Waals surface area contributed by atoms with E-state index in [9.17, 15) is 0 Å². The summed E-state index contributed by atoms with van der Waals surface area (Å²) in [6.07, 6.45) is 2.21. The molecule has 3 aliphatic heterocycles. The highest BCUT2D eigenvalue weighted by atomic mass is 16.6. The van der Waals surface area contributed by atoms with Gasteiger partial charge in [-0.3, -0.25) is 0 Å². The first-order valence-corrected chi connectivity index (χ1v) is 5.84. The van der Waals surface area contributed by atoms with E-state index in [1.54, 1.807) is 0 Å². The summed E-state index contributed by atoms with van der Waals surface area (Å²) in [4.78, 5) is 2.59. The number of hydrogen-bond acceptors (Lipinski definition) is 5. The molecular weight excluding hydrogens is 226 g/mol. The quantitative estimate of drug-likeness (QED) is 0.316. The Bertz CT molecular complexity index is 285. The lowest BCUT2D eigenvalue weighted by atomic mass is 10.1. The van der Waals surface area contributed by atoms with Gasteiger partial charge >= 0.3 is 0 Å². The first-order valence-electron chi connectivity index (χ1n) is 5.84. The van der Waals surface area contributed by atoms with E-state index < -0.39 is 12.1 Å². The van der Waals surface area contributed by atoms with Gasteiger partial charge in [0, 0.05) is 18.1 Å². The lowest BCUT2D eigenvalue weighted by molar-refractivity contribution is -0.00299. The smallest absolute Gasteiger partial charge is 0.107 e. The molecule has 0 amide bonds. The second-order valence-electron chi connectivity index (χ2n) is 4.28. The third-order valence-electron chi connectivity index (χ3n) is 3.01. The predicted molar refractivity (Wildman–Crippen MR) is 58.5 cm³/mol. The van der Waals surface area contributed by atoms with Gasteiger partial charge in [-0.25, -0.2) is 0 Å². The van der Waals surface area contributed by atoms with Crippen molar-refractivity contribution in [1.82, 2.24) is 0 Å². The van der Waals surface area contributed by atoms with Crippen LogP contribution >= 0.6 is 0 Å². The van der Waals surface area contributed by atoms with Crippen LogP contribution < -0.4 is 0 Å². The van der Waals surface area contributed by atoms with Gasteiger partial charge in [-0.05, 0) is 18.4 Å². The molecule has 0 aromatic carbocycles. The van der Waals surface area contributed by atoms with E-state index in [0.29, 0.717) is 31.8 Å². The van der Waals surface area contributed by atoms with Crippen LogP contribution in [0.2, 0.25) is 0 Å². The molecule has 3 saturated heterocycles. The van der Waals surface area contributed by atoms with E-state index >= 15 is 0 Å². The van der Waals surface area contributed by atoms with Gasteiger partial charge in [0.2, 0.25) is 0 Å². The van der Waals surface area contributed by atoms with E-state index in [1.807, 2.05) is 0 Å². The molecule has 3 heterocycles. The maximum atomic E-state index is 9.16. The van der Waals surface area contributed by atoms with Gasteiger partial charge in [-0.15, -0.1) is 0 Å². The Morgan fingerprint density at radius 3 is 2.47 bits per heavy atom. The molecule has 7 heteroatoms. The molecule has 3 fully saturated rings. The standard InChI is InChI=1S/C5H9N3O2.C5H8O2/c6-8-7-4-3-10-2-1-5(4)9;1-2-6-3-5-4(1)7-5/h4-5,9H,1-3H2;4-5H,1-3H2/t4-,5-;/m1./s1. The highest BCUT2D eigenvalue weighted by Crippen LogP contribution is 2.28. The van der Waals surface area contributed by atoms with E-state index in [4.69, 9.17) is 24.8 Å². The molecule has 0 bridgehead atoms. The largest absolute Gasteiger partial charge is 0.393 e. The summed E-state index contributed by atoms with van der Waals surface area (Å²) in [5, 5.41) is 12.5. The molecular formula is C10H17N3O4. The molecule has 7 nitrogen and oxygen atoms in total. The monoisotopic (exact) mass is 243 g/mol. The van der Waals surface area contributed by atoms with E-state index in [1.165, 1.54) is 0 Å². The average Bonchev–Trinajstić information content (AvgIpc) is 3.12. The topological polar surface area (TPSA) is 100.0 Å². The molecule has 0 aromatic heterocycles. The number of hydrogen-bond donors (Lipinski definition) is 1. The highest BCUT2D eigenvalue weighted by Gasteiger charge is 2.40. The number of nitrogens with zero attached hydrogens (tertiary/aromatic N) is 3. The van der Waals surface area contributed by atoms with Crippen LogP contribution in [0.1, 0.15) is 12.8 Å². The number of rotatable bonds is 1. The Hall–Kier alpha value is -0.850. The number of aliphatic hydroxyl groups is 1. The van der Waals surface area contributed by atoms with Gasteiger partial charge in [0.1, 0.15) is 6.10 Å². The fourth-order valence-electron chi connectivity index (χ4n) is 1.87. The number of azide groups is 1. The first-order chi connectivity index (χ1) is 8.31. The molecule has 17 heavy (non-hydrogen) atoms. The van der Waals surface area contributed by atoms with E-state index in [-0.39, 0.29) is 0 Å². The van der Waals surface area contributed by atoms with Crippen molar-refractivity contribution in [3.05, 3.63) is 10.4 Å². The predicted octanol–water partition coefficient (Wildman–Crippen LogP) is 0.621. The molecule has 4 atom stereocenters. The summed E-state index contributed by atoms with van der Waals surface area (Å²) in [5.74, 6) is 0. The minimum Gasteiger partial charge on any atom is -0.393 e. The van der Waals surface area contributed by atoms with Crippen molar-refractivity contribution in [2.75, 3.05) is 26.4 Å². The van der Waals surface area contributed by atoms with Crippen LogP contribution in [0.5, 0.6) is 0 Å². The Balaban J connectivity index is 0.000000134. The molecule has 0 radical (unpaired) electrons. The first kappa shape index (κ1) is 12.6. The lowest BCUT2D eigenvalue weighted by Crippen LogP contribution is -2.34. The van der Waals surface area contributed by atoms with Crippen LogP contribution in [0.4, 0.5) is 0 Å². The van der Waals surface area contributed by atoms with E-state index in [0.717, 1.165) is 19.6 Å². The van der Waals surface area contributed by atoms with Gasteiger partial charge in [0.05, 0.1) is 31.5 Å². The second kappa shape index (κ2) is 6.18. The maximum absolute atomic E-state index is 9.16. The molecule has 0 saturated carbocycles. The van der Waals surface area contributed by atoms with Crippen molar-refractivity contribution in [1.29, 1.82) is 0 Å². The van der Waals surface area contributed by atoms with Gasteiger partial charge in [-0.2, -0.15) is 0 Å². The van der Waals surface area contributed by atoms with Gasteiger partial charge < -0.3 is 19.3 Å². The molecule has 96 valence electrons. The van der Waals surface area contributed by atoms with Gasteiger partial charge in [0.15, 0.2) is 0 Å². The van der Waals surface area contributed by atoms with Crippen molar-refractivity contribution in [2.45, 2.75) is 37.2 Å². The number of ether oxygens (including phenoxy) is 3. The van der Waals surface area contributed by atoms with Crippen LogP contribution in [-0.4, -0.2) is 55.9 Å². The van der Waals surface area contributed by atoms with Crippen molar-refractivity contribution in [3.8, 4) is 0 Å². The summed E-state index contributed by atoms with van der Waals surface area (Å²) in [5.41, 5.74) is 8.03. The van der Waals surface area contributed by atoms with Crippen molar-refractivity contribution in [3.63, 3.8) is 0 Å². The maximum Gasteiger partial charge on any atom is 0.107 e. The lowest BCUT2D eigenvalue weighted by Gasteiger charge is -2.23. The van der Waals surface area contributed by atoms with Crippen molar-refractivity contribution < 1.29 is 19.3 Å². The van der Waals surface area contributed by atoms with Crippen LogP contribution in [-0.2, 0) is 14.2 Å². The summed E-state index contributed by atoms with van der Waals surface area (Å²) in [6, 6.07) is -0.390. The zero-order chi connectivity index (χ0) is 12.1. The Morgan fingerprint density at radius 1 is 1.12 bits per heavy atom. The van der Waals surface area contributed by atoms with Gasteiger partial charge in [-0.1, -0.05) is 5.11 Å². The van der Waals surface area contributed by atoms with Gasteiger partial charge in [0.25, 0.3) is 0 Å². The van der Waals surface area contributed by atoms with Crippen LogP contribution in [0, 0.1) is 0 Å². The minimum atomic E-state index is -0.523. The average molecular weight is 243 g/mol. The minimum absolute atomic E-state index is 0.339. The molecule has 1 N–H and O–H groups in total. The number of aliphatic hydroxyl groups excluding tert-OH is 1. The Kier molecular flexibility index (Phi) is 4.58. The molecule has 3 rings (SSSR count). The molecule has 2 unspecified atom stereocenters. The molecule has 0 spiro atoms. The summed E-state index contributed by atoms with van der Waals surface area (Å²) >= 11 is 0. The second-order valence-corrected chi connectivity index (χ2v) is 4.28. The van der Waals surface area contributed by atoms with Crippen molar-refractivity contribution in [2.24, 2.45) is 5.11 Å². The molecule has 0 aromatic rings.